The Morgan fingerprint density at radius 2 is 1.63 bits per heavy atom. The summed E-state index contributed by atoms with van der Waals surface area (Å²) in [6.45, 7) is 7.22. The summed E-state index contributed by atoms with van der Waals surface area (Å²) in [4.78, 5) is 8.40. The van der Waals surface area contributed by atoms with Crippen molar-refractivity contribution in [1.82, 2.24) is 0 Å². The van der Waals surface area contributed by atoms with Crippen molar-refractivity contribution in [2.45, 2.75) is 13.8 Å². The number of aliphatic hydroxyl groups excluding tert-OH is 1. The van der Waals surface area contributed by atoms with Crippen molar-refractivity contribution >= 4 is 27.3 Å². The van der Waals surface area contributed by atoms with Gasteiger partial charge in [0.2, 0.25) is 0 Å². The van der Waals surface area contributed by atoms with E-state index in [-0.39, 0.29) is 31.6 Å². The van der Waals surface area contributed by atoms with Crippen molar-refractivity contribution in [3.8, 4) is 0 Å². The summed E-state index contributed by atoms with van der Waals surface area (Å²) < 4.78 is 1.95. The predicted octanol–water partition coefficient (Wildman–Crippen LogP) is 6.07. The molecule has 175 valence electrons. The van der Waals surface area contributed by atoms with Crippen LogP contribution in [0.4, 0.5) is 0 Å². The van der Waals surface area contributed by atoms with Crippen LogP contribution in [0.5, 0.6) is 0 Å². The Labute approximate surface area is 217 Å². The Morgan fingerprint density at radius 1 is 0.943 bits per heavy atom. The van der Waals surface area contributed by atoms with Gasteiger partial charge < -0.3 is 5.11 Å². The van der Waals surface area contributed by atoms with Gasteiger partial charge in [-0.15, -0.1) is 12.0 Å². The first-order chi connectivity index (χ1) is 16.4. The van der Waals surface area contributed by atoms with E-state index in [1.807, 2.05) is 10.4 Å². The van der Waals surface area contributed by atoms with E-state index in [4.69, 9.17) is 9.90 Å². The zero-order valence-corrected chi connectivity index (χ0v) is 21.9. The predicted molar refractivity (Wildman–Crippen MR) is 137 cm³/mol. The van der Waals surface area contributed by atoms with Crippen LogP contribution in [0.15, 0.2) is 96.9 Å². The number of rotatable bonds is 1. The molecule has 0 amide bonds. The maximum absolute atomic E-state index is 8.40. The first kappa shape index (κ1) is 24.4. The Hall–Kier alpha value is -3.72. The van der Waals surface area contributed by atoms with Gasteiger partial charge in [-0.1, -0.05) is 60.2 Å². The number of ketones is 1. The van der Waals surface area contributed by atoms with Crippen LogP contribution in [-0.2, 0) is 20.1 Å². The molecule has 3 nitrogen and oxygen atoms in total. The minimum atomic E-state index is 0. The van der Waals surface area contributed by atoms with Crippen LogP contribution in [0.3, 0.4) is 0 Å². The van der Waals surface area contributed by atoms with Crippen molar-refractivity contribution in [3.05, 3.63) is 143 Å². The van der Waals surface area contributed by atoms with Crippen molar-refractivity contribution in [2.75, 3.05) is 0 Å². The fourth-order valence-electron chi connectivity index (χ4n) is 4.66. The number of allylic oxidation sites excluding steroid dienone is 2. The molecule has 0 unspecified atom stereocenters. The van der Waals surface area contributed by atoms with Crippen molar-refractivity contribution in [1.29, 1.82) is 0 Å². The van der Waals surface area contributed by atoms with Crippen LogP contribution in [-0.4, -0.2) is 15.7 Å². The molecule has 0 bridgehead atoms. The smallest absolute Gasteiger partial charge is 0.316 e. The Balaban J connectivity index is 0.000000320. The molecule has 0 saturated heterocycles. The van der Waals surface area contributed by atoms with E-state index in [1.54, 1.807) is 0 Å². The van der Waals surface area contributed by atoms with Gasteiger partial charge in [0.05, 0.1) is 24.1 Å². The molecule has 0 spiro atoms. The Morgan fingerprint density at radius 3 is 2.31 bits per heavy atom. The number of pyridine rings is 1. The van der Waals surface area contributed by atoms with Crippen LogP contribution in [0.1, 0.15) is 30.5 Å². The second-order valence-corrected chi connectivity index (χ2v) is 8.55. The van der Waals surface area contributed by atoms with Gasteiger partial charge in [-0.2, -0.15) is 22.9 Å². The minimum Gasteiger partial charge on any atom is -0.512 e. The zero-order chi connectivity index (χ0) is 23.8. The molecule has 35 heavy (non-hydrogen) atoms. The van der Waals surface area contributed by atoms with Gasteiger partial charge in [-0.3, -0.25) is 4.79 Å². The van der Waals surface area contributed by atoms with Gasteiger partial charge in [0.15, 0.2) is 6.20 Å². The summed E-state index contributed by atoms with van der Waals surface area (Å²) >= 11 is 0. The molecule has 2 aromatic carbocycles. The van der Waals surface area contributed by atoms with Crippen molar-refractivity contribution in [3.63, 3.8) is 0 Å². The van der Waals surface area contributed by atoms with E-state index in [2.05, 4.69) is 91.6 Å². The third-order valence-corrected chi connectivity index (χ3v) is 5.99. The molecule has 2 N–H and O–H groups in total. The Kier molecular flexibility index (Phi) is 6.88. The molecule has 4 heteroatoms. The number of hydrogen-bond acceptors (Lipinski definition) is 1. The average Bonchev–Trinajstić information content (AvgIpc) is 2.82. The Bertz CT molecular complexity index is 1680. The van der Waals surface area contributed by atoms with Crippen LogP contribution < -0.4 is 4.24 Å². The summed E-state index contributed by atoms with van der Waals surface area (Å²) in [5.41, 5.74) is 3.73. The second-order valence-electron chi connectivity index (χ2n) is 8.55. The standard InChI is InChI=1S/C26H16N.C5H8O2.Ir/c1-27-14-13-17-5-2-3-8-23(17)26(27)22-15-20-11-9-18-6-4-7-19-10-12-21(16-22)25(20)24(18)19;1-4(6)3-5(2)7;/h2-15H,1H2;3,6H,1-2H3;/q-1;;/p+1/b26-22-;4-3-;. The summed E-state index contributed by atoms with van der Waals surface area (Å²) in [7, 11) is 0. The summed E-state index contributed by atoms with van der Waals surface area (Å²) in [6, 6.07) is 31.8. The van der Waals surface area contributed by atoms with E-state index < -0.39 is 0 Å². The molecule has 0 fully saturated rings. The van der Waals surface area contributed by atoms with Gasteiger partial charge in [-0.25, -0.2) is 15.9 Å². The molecule has 0 saturated carbocycles. The monoisotopic (exact) mass is 636 g/mol. The quantitative estimate of drug-likeness (QED) is 0.0771. The normalized spacial score (nSPS) is 13.0. The van der Waals surface area contributed by atoms with Crippen molar-refractivity contribution in [2.24, 2.45) is 0 Å². The van der Waals surface area contributed by atoms with Crippen molar-refractivity contribution < 1.29 is 34.2 Å². The summed E-state index contributed by atoms with van der Waals surface area (Å²) in [6.07, 6.45) is 3.30. The maximum atomic E-state index is 8.40. The van der Waals surface area contributed by atoms with Crippen LogP contribution in [0, 0.1) is 29.3 Å². The van der Waals surface area contributed by atoms with Gasteiger partial charge in [0.25, 0.3) is 0 Å². The van der Waals surface area contributed by atoms with Gasteiger partial charge in [0, 0.05) is 26.2 Å². The average molecular weight is 636 g/mol. The van der Waals surface area contributed by atoms with Crippen LogP contribution in [0.2, 0.25) is 0 Å². The molecular formula is C31H25IrNO2. The van der Waals surface area contributed by atoms with E-state index in [1.165, 1.54) is 58.5 Å². The summed E-state index contributed by atoms with van der Waals surface area (Å²) in [5.74, 6) is 1.55. The molecule has 6 rings (SSSR count). The number of hydrogen-bond donors (Lipinski definition) is 1. The third kappa shape index (κ3) is 4.64. The zero-order valence-electron chi connectivity index (χ0n) is 19.5. The molecule has 3 aliphatic carbocycles. The molecule has 1 heterocycles. The number of aliphatic hydroxyl groups is 1. The SMILES string of the molecule is C=[n+]1ccc2ccccc2/c1=c1/[c-]c2ccc3cccc4ccc(c1)[C-]2c34.CC(=[OH+])/C=C(/C)O.[Ir]. The number of benzene rings is 2. The van der Waals surface area contributed by atoms with E-state index in [0.717, 1.165) is 16.1 Å². The fraction of sp³-hybridized carbons (Fsp3) is 0.0645. The topological polar surface area (TPSA) is 47.5 Å². The first-order valence-electron chi connectivity index (χ1n) is 11.2. The van der Waals surface area contributed by atoms with Gasteiger partial charge in [0.1, 0.15) is 6.72 Å². The number of nitrogens with zero attached hydrogens (tertiary/aromatic N) is 1. The molecule has 1 aromatic heterocycles. The van der Waals surface area contributed by atoms with Gasteiger partial charge >= 0.3 is 5.78 Å². The number of aromatic nitrogens is 1. The number of fused-ring (bicyclic) bond motifs is 1. The number of carbonyl (C=O) groups excluding carboxylic acids is 1. The molecule has 1 radical (unpaired) electrons. The molecule has 3 aromatic rings. The minimum absolute atomic E-state index is 0. The molecule has 0 aliphatic heterocycles. The maximum Gasteiger partial charge on any atom is 0.316 e. The second kappa shape index (κ2) is 9.87. The fourth-order valence-corrected chi connectivity index (χ4v) is 4.66. The van der Waals surface area contributed by atoms with Crippen LogP contribution in [0.25, 0.3) is 21.5 Å². The van der Waals surface area contributed by atoms with Crippen LogP contribution >= 0.6 is 0 Å². The largest absolute Gasteiger partial charge is 0.512 e. The van der Waals surface area contributed by atoms with E-state index >= 15 is 0 Å². The molecule has 3 aliphatic rings. The van der Waals surface area contributed by atoms with Gasteiger partial charge in [-0.05, 0) is 28.5 Å². The first-order valence-corrected chi connectivity index (χ1v) is 11.2. The molecule has 0 atom stereocenters. The third-order valence-electron chi connectivity index (χ3n) is 5.99. The van der Waals surface area contributed by atoms with E-state index in [0.29, 0.717) is 0 Å². The summed E-state index contributed by atoms with van der Waals surface area (Å²) in [5, 5.41) is 15.5. The van der Waals surface area contributed by atoms with E-state index in [9.17, 15) is 0 Å². The molecular weight excluding hydrogens is 611 g/mol.